The van der Waals surface area contributed by atoms with Crippen molar-refractivity contribution in [3.63, 3.8) is 0 Å². The van der Waals surface area contributed by atoms with Crippen molar-refractivity contribution in [1.29, 1.82) is 0 Å². The van der Waals surface area contributed by atoms with Gasteiger partial charge in [0.05, 0.1) is 29.3 Å². The van der Waals surface area contributed by atoms with Crippen LogP contribution in [0.3, 0.4) is 0 Å². The first-order valence-electron chi connectivity index (χ1n) is 14.9. The number of methoxy groups -OCH3 is 1. The summed E-state index contributed by atoms with van der Waals surface area (Å²) in [5.41, 5.74) is 0.837. The van der Waals surface area contributed by atoms with Crippen LogP contribution in [0.5, 0.6) is 11.5 Å². The Hall–Kier alpha value is -5.73. The molecule has 0 radical (unpaired) electrons. The summed E-state index contributed by atoms with van der Waals surface area (Å²) in [4.78, 5) is 59.9. The maximum absolute atomic E-state index is 13.3. The van der Waals surface area contributed by atoms with Gasteiger partial charge < -0.3 is 20.1 Å². The molecule has 3 N–H and O–H groups in total. The van der Waals surface area contributed by atoms with Crippen LogP contribution in [0.25, 0.3) is 10.9 Å². The summed E-state index contributed by atoms with van der Waals surface area (Å²) in [5, 5.41) is 9.01. The minimum absolute atomic E-state index is 0.0211. The highest BCUT2D eigenvalue weighted by molar-refractivity contribution is 6.25. The zero-order valence-electron chi connectivity index (χ0n) is 25.7. The number of halogens is 3. The Morgan fingerprint density at radius 2 is 1.81 bits per heavy atom. The highest BCUT2D eigenvalue weighted by atomic mass is 19.4. The van der Waals surface area contributed by atoms with E-state index in [-0.39, 0.29) is 37.1 Å². The summed E-state index contributed by atoms with van der Waals surface area (Å²) in [7, 11) is 1.46. The van der Waals surface area contributed by atoms with E-state index in [2.05, 4.69) is 25.9 Å². The second kappa shape index (κ2) is 12.8. The van der Waals surface area contributed by atoms with E-state index < -0.39 is 47.5 Å². The Kier molecular flexibility index (Phi) is 8.60. The summed E-state index contributed by atoms with van der Waals surface area (Å²) in [5.74, 6) is -1.27. The lowest BCUT2D eigenvalue weighted by molar-refractivity contribution is -0.138. The van der Waals surface area contributed by atoms with Crippen molar-refractivity contribution >= 4 is 46.0 Å². The highest BCUT2D eigenvalue weighted by Gasteiger charge is 2.45. The van der Waals surface area contributed by atoms with Crippen LogP contribution in [0.2, 0.25) is 0 Å². The maximum atomic E-state index is 13.3. The molecule has 0 bridgehead atoms. The number of ether oxygens (including phenoxy) is 2. The van der Waals surface area contributed by atoms with Gasteiger partial charge in [-0.3, -0.25) is 29.4 Å². The Balaban J connectivity index is 1.14. The van der Waals surface area contributed by atoms with Crippen LogP contribution in [0, 0.1) is 0 Å². The Bertz CT molecular complexity index is 1950. The normalized spacial score (nSPS) is 16.9. The number of hydrogen-bond donors (Lipinski definition) is 3. The summed E-state index contributed by atoms with van der Waals surface area (Å²) < 4.78 is 51.3. The Morgan fingerprint density at radius 1 is 1.02 bits per heavy atom. The van der Waals surface area contributed by atoms with E-state index in [0.29, 0.717) is 39.5 Å². The zero-order valence-corrected chi connectivity index (χ0v) is 25.7. The molecule has 48 heavy (non-hydrogen) atoms. The molecule has 0 aliphatic carbocycles. The molecule has 15 heteroatoms. The molecule has 1 fully saturated rings. The van der Waals surface area contributed by atoms with Gasteiger partial charge in [0.15, 0.2) is 11.5 Å². The molecule has 6 rings (SSSR count). The van der Waals surface area contributed by atoms with E-state index in [1.54, 1.807) is 37.3 Å². The first kappa shape index (κ1) is 32.2. The number of hydrogen-bond acceptors (Lipinski definition) is 10. The smallest absolute Gasteiger partial charge is 0.416 e. The highest BCUT2D eigenvalue weighted by Crippen LogP contribution is 2.36. The molecule has 0 spiro atoms. The maximum Gasteiger partial charge on any atom is 0.416 e. The quantitative estimate of drug-likeness (QED) is 0.161. The molecule has 1 unspecified atom stereocenters. The van der Waals surface area contributed by atoms with Crippen molar-refractivity contribution in [3.05, 3.63) is 83.2 Å². The molecule has 2 aliphatic rings. The number of nitrogens with one attached hydrogen (secondary N) is 3. The predicted octanol–water partition coefficient (Wildman–Crippen LogP) is 4.72. The van der Waals surface area contributed by atoms with Crippen LogP contribution < -0.4 is 25.4 Å². The van der Waals surface area contributed by atoms with E-state index >= 15 is 0 Å². The van der Waals surface area contributed by atoms with Gasteiger partial charge >= 0.3 is 6.18 Å². The number of alkyl halides is 3. The van der Waals surface area contributed by atoms with Gasteiger partial charge in [0, 0.05) is 36.1 Å². The Morgan fingerprint density at radius 3 is 2.56 bits per heavy atom. The molecule has 3 aromatic carbocycles. The first-order valence-corrected chi connectivity index (χ1v) is 14.9. The minimum atomic E-state index is -4.47. The van der Waals surface area contributed by atoms with Crippen molar-refractivity contribution in [3.8, 4) is 11.5 Å². The monoisotopic (exact) mass is 662 g/mol. The van der Waals surface area contributed by atoms with Crippen LogP contribution >= 0.6 is 0 Å². The van der Waals surface area contributed by atoms with Gasteiger partial charge in [-0.25, -0.2) is 9.97 Å². The standard InChI is InChI=1S/C33H29F3N6O6/c1-17(18-5-3-6-19(13-18)33(34,35)36)40-29-21-14-25(47-2)26(15-23(21)38-16-39-29)48-12-11-37-22-8-4-7-20-28(22)32(46)42(31(20)45)24-9-10-27(43)41-30(24)44/h3-8,13-17,24,37H,9-12H2,1-2H3,(H,38,39,40)(H,41,43,44)/t17-,24?/m1/s1. The molecule has 2 aliphatic heterocycles. The van der Waals surface area contributed by atoms with Gasteiger partial charge in [-0.05, 0) is 49.2 Å². The topological polar surface area (TPSA) is 152 Å². The summed E-state index contributed by atoms with van der Waals surface area (Å²) in [6, 6.07) is 11.5. The van der Waals surface area contributed by atoms with Crippen molar-refractivity contribution in [2.45, 2.75) is 38.0 Å². The number of nitrogens with zero attached hydrogens (tertiary/aromatic N) is 3. The van der Waals surface area contributed by atoms with Crippen LogP contribution in [-0.4, -0.2) is 64.8 Å². The minimum Gasteiger partial charge on any atom is -0.493 e. The number of benzene rings is 3. The molecule has 4 aromatic rings. The number of carbonyl (C=O) groups excluding carboxylic acids is 4. The van der Waals surface area contributed by atoms with Gasteiger partial charge in [-0.1, -0.05) is 18.2 Å². The number of aromatic nitrogens is 2. The molecule has 1 aromatic heterocycles. The van der Waals surface area contributed by atoms with Gasteiger partial charge in [-0.15, -0.1) is 0 Å². The lowest BCUT2D eigenvalue weighted by Gasteiger charge is -2.27. The predicted molar refractivity (Wildman–Crippen MR) is 167 cm³/mol. The molecule has 4 amide bonds. The van der Waals surface area contributed by atoms with E-state index in [1.165, 1.54) is 25.6 Å². The molecular formula is C33H29F3N6O6. The van der Waals surface area contributed by atoms with Crippen LogP contribution in [0.15, 0.2) is 60.9 Å². The molecule has 248 valence electrons. The number of piperidine rings is 1. The SMILES string of the molecule is COc1cc2c(N[C@H](C)c3cccc(C(F)(F)F)c3)ncnc2cc1OCCNc1cccc2c1C(=O)N(C1CCC(=O)NC1=O)C2=O. The van der Waals surface area contributed by atoms with Crippen molar-refractivity contribution in [1.82, 2.24) is 20.2 Å². The lowest BCUT2D eigenvalue weighted by atomic mass is 10.0. The van der Waals surface area contributed by atoms with Crippen molar-refractivity contribution in [2.24, 2.45) is 0 Å². The average Bonchev–Trinajstić information content (AvgIpc) is 3.32. The van der Waals surface area contributed by atoms with Gasteiger partial charge in [0.2, 0.25) is 11.8 Å². The van der Waals surface area contributed by atoms with Crippen LogP contribution in [0.1, 0.15) is 57.7 Å². The second-order valence-electron chi connectivity index (χ2n) is 11.2. The molecule has 1 saturated heterocycles. The third-order valence-corrected chi connectivity index (χ3v) is 8.13. The van der Waals surface area contributed by atoms with E-state index in [4.69, 9.17) is 9.47 Å². The number of anilines is 2. The number of imide groups is 2. The van der Waals surface area contributed by atoms with E-state index in [0.717, 1.165) is 17.0 Å². The number of carbonyl (C=O) groups is 4. The molecule has 12 nitrogen and oxygen atoms in total. The fraction of sp³-hybridized carbons (Fsp3) is 0.273. The van der Waals surface area contributed by atoms with Gasteiger partial charge in [0.25, 0.3) is 11.8 Å². The summed E-state index contributed by atoms with van der Waals surface area (Å²) in [6.07, 6.45) is -3.06. The van der Waals surface area contributed by atoms with E-state index in [9.17, 15) is 32.3 Å². The zero-order chi connectivity index (χ0) is 34.2. The molecule has 3 heterocycles. The first-order chi connectivity index (χ1) is 23.0. The molecule has 0 saturated carbocycles. The largest absolute Gasteiger partial charge is 0.493 e. The summed E-state index contributed by atoms with van der Waals surface area (Å²) >= 11 is 0. The Labute approximate surface area is 271 Å². The van der Waals surface area contributed by atoms with E-state index in [1.807, 2.05) is 0 Å². The van der Waals surface area contributed by atoms with Crippen LogP contribution in [0.4, 0.5) is 24.7 Å². The fourth-order valence-corrected chi connectivity index (χ4v) is 5.73. The third-order valence-electron chi connectivity index (χ3n) is 8.13. The van der Waals surface area contributed by atoms with Crippen molar-refractivity contribution in [2.75, 3.05) is 30.9 Å². The van der Waals surface area contributed by atoms with Gasteiger partial charge in [0.1, 0.15) is 24.8 Å². The van der Waals surface area contributed by atoms with Crippen molar-refractivity contribution < 1.29 is 41.8 Å². The van der Waals surface area contributed by atoms with Crippen LogP contribution in [-0.2, 0) is 15.8 Å². The summed E-state index contributed by atoms with van der Waals surface area (Å²) in [6.45, 7) is 2.04. The fourth-order valence-electron chi connectivity index (χ4n) is 5.73. The molecule has 2 atom stereocenters. The second-order valence-corrected chi connectivity index (χ2v) is 11.2. The molecular weight excluding hydrogens is 633 g/mol. The third kappa shape index (κ3) is 6.18. The average molecular weight is 663 g/mol. The number of amides is 4. The number of fused-ring (bicyclic) bond motifs is 2. The van der Waals surface area contributed by atoms with Gasteiger partial charge in [-0.2, -0.15) is 13.2 Å². The number of rotatable bonds is 10. The lowest BCUT2D eigenvalue weighted by Crippen LogP contribution is -2.54.